The summed E-state index contributed by atoms with van der Waals surface area (Å²) in [5.74, 6) is 5.59. The first kappa shape index (κ1) is 14.6. The van der Waals surface area contributed by atoms with Crippen LogP contribution in [0, 0.1) is 18.8 Å². The lowest BCUT2D eigenvalue weighted by Crippen LogP contribution is -2.14. The second-order valence-electron chi connectivity index (χ2n) is 4.50. The molecule has 0 saturated carbocycles. The van der Waals surface area contributed by atoms with Gasteiger partial charge in [-0.1, -0.05) is 24.0 Å². The number of phenols is 1. The molecule has 0 radical (unpaired) electrons. The summed E-state index contributed by atoms with van der Waals surface area (Å²) in [4.78, 5) is 12.3. The minimum atomic E-state index is -0.241. The van der Waals surface area contributed by atoms with Crippen molar-refractivity contribution >= 4 is 11.6 Å². The quantitative estimate of drug-likeness (QED) is 0.739. The zero-order chi connectivity index (χ0) is 15.2. The lowest BCUT2D eigenvalue weighted by atomic mass is 10.1. The molecule has 0 aromatic heterocycles. The topological polar surface area (TPSA) is 75.3 Å². The molecular formula is C17H16N2O2. The molecule has 2 aromatic carbocycles. The SMILES string of the molecule is Cc1cc(O)ccc1C(=O)Nc1ccccc1C#CCN. The number of carbonyl (C=O) groups excluding carboxylic acids is 1. The number of rotatable bonds is 2. The third-order valence-corrected chi connectivity index (χ3v) is 2.95. The Labute approximate surface area is 123 Å². The number of nitrogens with two attached hydrogens (primary N) is 1. The van der Waals surface area contributed by atoms with Crippen molar-refractivity contribution < 1.29 is 9.90 Å². The molecule has 0 bridgehead atoms. The van der Waals surface area contributed by atoms with Crippen LogP contribution in [-0.2, 0) is 0 Å². The molecule has 0 aliphatic rings. The van der Waals surface area contributed by atoms with Crippen LogP contribution in [0.4, 0.5) is 5.69 Å². The Morgan fingerprint density at radius 2 is 2.05 bits per heavy atom. The minimum Gasteiger partial charge on any atom is -0.508 e. The Kier molecular flexibility index (Phi) is 4.60. The van der Waals surface area contributed by atoms with Crippen LogP contribution in [0.1, 0.15) is 21.5 Å². The first-order valence-electron chi connectivity index (χ1n) is 6.50. The third-order valence-electron chi connectivity index (χ3n) is 2.95. The smallest absolute Gasteiger partial charge is 0.255 e. The normalized spacial score (nSPS) is 9.62. The first-order valence-corrected chi connectivity index (χ1v) is 6.50. The third kappa shape index (κ3) is 3.62. The number of aromatic hydroxyl groups is 1. The molecule has 4 nitrogen and oxygen atoms in total. The molecule has 106 valence electrons. The van der Waals surface area contributed by atoms with Crippen LogP contribution in [-0.4, -0.2) is 17.6 Å². The van der Waals surface area contributed by atoms with Crippen LogP contribution in [0.5, 0.6) is 5.75 Å². The van der Waals surface area contributed by atoms with E-state index < -0.39 is 0 Å². The highest BCUT2D eigenvalue weighted by molar-refractivity contribution is 6.06. The van der Waals surface area contributed by atoms with Gasteiger partial charge in [0.25, 0.3) is 5.91 Å². The summed E-state index contributed by atoms with van der Waals surface area (Å²) in [6.07, 6.45) is 0. The van der Waals surface area contributed by atoms with E-state index in [0.717, 1.165) is 0 Å². The van der Waals surface area contributed by atoms with Crippen LogP contribution in [0.25, 0.3) is 0 Å². The van der Waals surface area contributed by atoms with Gasteiger partial charge in [-0.05, 0) is 42.8 Å². The molecule has 0 saturated heterocycles. The predicted molar refractivity (Wildman–Crippen MR) is 83.2 cm³/mol. The summed E-state index contributed by atoms with van der Waals surface area (Å²) in [6, 6.07) is 11.9. The maximum atomic E-state index is 12.3. The van der Waals surface area contributed by atoms with Gasteiger partial charge in [0.15, 0.2) is 0 Å². The summed E-state index contributed by atoms with van der Waals surface area (Å²) < 4.78 is 0. The number of aryl methyl sites for hydroxylation is 1. The lowest BCUT2D eigenvalue weighted by Gasteiger charge is -2.09. The van der Waals surface area contributed by atoms with Crippen LogP contribution < -0.4 is 11.1 Å². The summed E-state index contributed by atoms with van der Waals surface area (Å²) in [7, 11) is 0. The average Bonchev–Trinajstić information content (AvgIpc) is 2.46. The van der Waals surface area contributed by atoms with Crippen molar-refractivity contribution in [1.82, 2.24) is 0 Å². The van der Waals surface area contributed by atoms with E-state index >= 15 is 0 Å². The van der Waals surface area contributed by atoms with E-state index in [4.69, 9.17) is 5.73 Å². The molecule has 21 heavy (non-hydrogen) atoms. The van der Waals surface area contributed by atoms with E-state index in [1.807, 2.05) is 18.2 Å². The Balaban J connectivity index is 2.27. The molecule has 2 rings (SSSR count). The van der Waals surface area contributed by atoms with Crippen LogP contribution in [0.3, 0.4) is 0 Å². The van der Waals surface area contributed by atoms with Crippen molar-refractivity contribution in [3.63, 3.8) is 0 Å². The number of benzene rings is 2. The van der Waals surface area contributed by atoms with E-state index in [0.29, 0.717) is 22.4 Å². The van der Waals surface area contributed by atoms with E-state index in [-0.39, 0.29) is 18.2 Å². The standard InChI is InChI=1S/C17H16N2O2/c1-12-11-14(20)8-9-15(12)17(21)19-16-7-3-2-5-13(16)6-4-10-18/h2-3,5,7-9,11,20H,10,18H2,1H3,(H,19,21). The number of para-hydroxylation sites is 1. The molecule has 0 aliphatic heterocycles. The molecule has 4 N–H and O–H groups in total. The summed E-state index contributed by atoms with van der Waals surface area (Å²) in [5, 5.41) is 12.2. The second kappa shape index (κ2) is 6.60. The summed E-state index contributed by atoms with van der Waals surface area (Å²) in [5.41, 5.74) is 7.93. The van der Waals surface area contributed by atoms with Gasteiger partial charge in [-0.15, -0.1) is 0 Å². The zero-order valence-electron chi connectivity index (χ0n) is 11.7. The zero-order valence-corrected chi connectivity index (χ0v) is 11.7. The minimum absolute atomic E-state index is 0.137. The molecule has 0 unspecified atom stereocenters. The number of phenolic OH excluding ortho intramolecular Hbond substituents is 1. The van der Waals surface area contributed by atoms with Crippen LogP contribution in [0.15, 0.2) is 42.5 Å². The predicted octanol–water partition coefficient (Wildman–Crippen LogP) is 2.26. The maximum Gasteiger partial charge on any atom is 0.255 e. The van der Waals surface area contributed by atoms with Crippen molar-refractivity contribution in [2.45, 2.75) is 6.92 Å². The highest BCUT2D eigenvalue weighted by atomic mass is 16.3. The van der Waals surface area contributed by atoms with Gasteiger partial charge >= 0.3 is 0 Å². The summed E-state index contributed by atoms with van der Waals surface area (Å²) in [6.45, 7) is 2.04. The van der Waals surface area contributed by atoms with Crippen molar-refractivity contribution in [1.29, 1.82) is 0 Å². The number of carbonyl (C=O) groups is 1. The van der Waals surface area contributed by atoms with Crippen LogP contribution in [0.2, 0.25) is 0 Å². The van der Waals surface area contributed by atoms with Gasteiger partial charge in [0, 0.05) is 11.1 Å². The molecule has 0 heterocycles. The number of amides is 1. The molecule has 2 aromatic rings. The maximum absolute atomic E-state index is 12.3. The number of hydrogen-bond donors (Lipinski definition) is 3. The number of hydrogen-bond acceptors (Lipinski definition) is 3. The molecule has 0 atom stereocenters. The highest BCUT2D eigenvalue weighted by Gasteiger charge is 2.11. The Morgan fingerprint density at radius 1 is 1.29 bits per heavy atom. The van der Waals surface area contributed by atoms with Gasteiger partial charge in [-0.25, -0.2) is 0 Å². The van der Waals surface area contributed by atoms with Crippen molar-refractivity contribution in [2.75, 3.05) is 11.9 Å². The summed E-state index contributed by atoms with van der Waals surface area (Å²) >= 11 is 0. The fourth-order valence-electron chi connectivity index (χ4n) is 1.94. The molecular weight excluding hydrogens is 264 g/mol. The van der Waals surface area contributed by atoms with E-state index in [1.165, 1.54) is 6.07 Å². The van der Waals surface area contributed by atoms with Crippen molar-refractivity contribution in [3.05, 3.63) is 59.2 Å². The van der Waals surface area contributed by atoms with Gasteiger partial charge < -0.3 is 16.2 Å². The average molecular weight is 280 g/mol. The number of nitrogens with one attached hydrogen (secondary N) is 1. The number of anilines is 1. The van der Waals surface area contributed by atoms with Crippen LogP contribution >= 0.6 is 0 Å². The van der Waals surface area contributed by atoms with Gasteiger partial charge in [0.1, 0.15) is 5.75 Å². The lowest BCUT2D eigenvalue weighted by molar-refractivity contribution is 0.102. The molecule has 1 amide bonds. The Morgan fingerprint density at radius 3 is 2.76 bits per heavy atom. The second-order valence-corrected chi connectivity index (χ2v) is 4.50. The molecule has 4 heteroatoms. The van der Waals surface area contributed by atoms with Gasteiger partial charge in [0.2, 0.25) is 0 Å². The van der Waals surface area contributed by atoms with E-state index in [9.17, 15) is 9.90 Å². The molecule has 0 fully saturated rings. The van der Waals surface area contributed by atoms with E-state index in [2.05, 4.69) is 17.2 Å². The highest BCUT2D eigenvalue weighted by Crippen LogP contribution is 2.19. The monoisotopic (exact) mass is 280 g/mol. The largest absolute Gasteiger partial charge is 0.508 e. The first-order chi connectivity index (χ1) is 10.1. The molecule has 0 aliphatic carbocycles. The Hall–Kier alpha value is -2.77. The van der Waals surface area contributed by atoms with Gasteiger partial charge in [0.05, 0.1) is 12.2 Å². The van der Waals surface area contributed by atoms with Crippen molar-refractivity contribution in [2.24, 2.45) is 5.73 Å². The fourth-order valence-corrected chi connectivity index (χ4v) is 1.94. The van der Waals surface area contributed by atoms with Crippen molar-refractivity contribution in [3.8, 4) is 17.6 Å². The van der Waals surface area contributed by atoms with Gasteiger partial charge in [-0.2, -0.15) is 0 Å². The fraction of sp³-hybridized carbons (Fsp3) is 0.118. The Bertz CT molecular complexity index is 727. The van der Waals surface area contributed by atoms with Gasteiger partial charge in [-0.3, -0.25) is 4.79 Å². The van der Waals surface area contributed by atoms with E-state index in [1.54, 1.807) is 25.1 Å². The molecule has 0 spiro atoms.